The van der Waals surface area contributed by atoms with Gasteiger partial charge >= 0.3 is 0 Å². The molecule has 0 bridgehead atoms. The van der Waals surface area contributed by atoms with E-state index in [-0.39, 0.29) is 28.5 Å². The van der Waals surface area contributed by atoms with Gasteiger partial charge in [0.05, 0.1) is 6.54 Å². The highest BCUT2D eigenvalue weighted by molar-refractivity contribution is 6.00. The van der Waals surface area contributed by atoms with E-state index in [2.05, 4.69) is 15.6 Å². The molecule has 1 aliphatic carbocycles. The molecule has 1 aliphatic rings. The lowest BCUT2D eigenvalue weighted by Gasteiger charge is -2.21. The Morgan fingerprint density at radius 1 is 1.11 bits per heavy atom. The summed E-state index contributed by atoms with van der Waals surface area (Å²) in [5, 5.41) is 10.6. The molecule has 27 heavy (non-hydrogen) atoms. The summed E-state index contributed by atoms with van der Waals surface area (Å²) >= 11 is 0. The highest BCUT2D eigenvalue weighted by Gasteiger charge is 2.25. The maximum absolute atomic E-state index is 14.5. The van der Waals surface area contributed by atoms with E-state index in [0.717, 1.165) is 43.7 Å². The van der Waals surface area contributed by atoms with Gasteiger partial charge in [-0.25, -0.2) is 13.5 Å². The molecule has 3 aromatic rings. The van der Waals surface area contributed by atoms with Gasteiger partial charge in [0.1, 0.15) is 16.7 Å². The highest BCUT2D eigenvalue weighted by atomic mass is 19.1. The van der Waals surface area contributed by atoms with Crippen LogP contribution >= 0.6 is 0 Å². The zero-order valence-corrected chi connectivity index (χ0v) is 14.8. The summed E-state index contributed by atoms with van der Waals surface area (Å²) in [6, 6.07) is 10.2. The van der Waals surface area contributed by atoms with Gasteiger partial charge in [-0.1, -0.05) is 54.8 Å². The average Bonchev–Trinajstić information content (AvgIpc) is 3.10. The van der Waals surface area contributed by atoms with Crippen LogP contribution in [-0.4, -0.2) is 20.9 Å². The number of rotatable bonds is 4. The Balaban J connectivity index is 1.68. The summed E-state index contributed by atoms with van der Waals surface area (Å²) in [5.74, 6) is -1.97. The number of benzene rings is 2. The molecule has 1 heterocycles. The number of halogens is 2. The van der Waals surface area contributed by atoms with Gasteiger partial charge in [0, 0.05) is 12.0 Å². The van der Waals surface area contributed by atoms with Gasteiger partial charge in [0.15, 0.2) is 11.6 Å². The Labute approximate surface area is 155 Å². The van der Waals surface area contributed by atoms with Gasteiger partial charge in [0.2, 0.25) is 5.91 Å². The molecule has 4 rings (SSSR count). The minimum absolute atomic E-state index is 0.0348. The molecule has 5 nitrogen and oxygen atoms in total. The Hall–Kier alpha value is -2.83. The third kappa shape index (κ3) is 3.54. The van der Waals surface area contributed by atoms with E-state index in [9.17, 15) is 13.6 Å². The van der Waals surface area contributed by atoms with Crippen LogP contribution in [0.25, 0.3) is 11.0 Å². The quantitative estimate of drug-likeness (QED) is 0.746. The second-order valence-corrected chi connectivity index (χ2v) is 6.97. The Morgan fingerprint density at radius 2 is 1.85 bits per heavy atom. The lowest BCUT2D eigenvalue weighted by molar-refractivity contribution is -0.120. The van der Waals surface area contributed by atoms with Gasteiger partial charge in [-0.05, 0) is 18.4 Å². The van der Waals surface area contributed by atoms with E-state index in [1.54, 1.807) is 0 Å². The third-order valence-electron chi connectivity index (χ3n) is 5.09. The van der Waals surface area contributed by atoms with Gasteiger partial charge in [-0.3, -0.25) is 4.79 Å². The zero-order valence-electron chi connectivity index (χ0n) is 14.8. The Bertz CT molecular complexity index is 965. The summed E-state index contributed by atoms with van der Waals surface area (Å²) in [6.07, 6.45) is 4.68. The molecule has 140 valence electrons. The van der Waals surface area contributed by atoms with Gasteiger partial charge in [-0.15, -0.1) is 5.10 Å². The van der Waals surface area contributed by atoms with Crippen LogP contribution in [-0.2, 0) is 11.3 Å². The fourth-order valence-electron chi connectivity index (χ4n) is 3.66. The monoisotopic (exact) mass is 370 g/mol. The topological polar surface area (TPSA) is 59.8 Å². The van der Waals surface area contributed by atoms with E-state index in [1.807, 2.05) is 30.3 Å². The lowest BCUT2D eigenvalue weighted by Crippen LogP contribution is -2.25. The van der Waals surface area contributed by atoms with Crippen molar-refractivity contribution in [1.82, 2.24) is 15.0 Å². The van der Waals surface area contributed by atoms with Crippen molar-refractivity contribution >= 4 is 22.6 Å². The predicted molar refractivity (Wildman–Crippen MR) is 98.2 cm³/mol. The molecule has 0 radical (unpaired) electrons. The number of amides is 1. The van der Waals surface area contributed by atoms with Crippen molar-refractivity contribution in [2.75, 3.05) is 5.32 Å². The largest absolute Gasteiger partial charge is 0.321 e. The second kappa shape index (κ2) is 7.42. The van der Waals surface area contributed by atoms with Gasteiger partial charge in [0.25, 0.3) is 0 Å². The molecule has 2 aromatic carbocycles. The highest BCUT2D eigenvalue weighted by Crippen LogP contribution is 2.30. The Kier molecular flexibility index (Phi) is 4.83. The molecule has 0 unspecified atom stereocenters. The first-order valence-electron chi connectivity index (χ1n) is 9.19. The number of carbonyl (C=O) groups is 1. The van der Waals surface area contributed by atoms with Crippen LogP contribution in [0.1, 0.15) is 37.7 Å². The molecular formula is C20H20F2N4O. The first-order chi connectivity index (χ1) is 13.1. The summed E-state index contributed by atoms with van der Waals surface area (Å²) < 4.78 is 30.3. The molecule has 1 saturated carbocycles. The van der Waals surface area contributed by atoms with Crippen LogP contribution in [0.4, 0.5) is 14.5 Å². The molecule has 0 aliphatic heterocycles. The second-order valence-electron chi connectivity index (χ2n) is 6.97. The van der Waals surface area contributed by atoms with Crippen molar-refractivity contribution in [3.05, 3.63) is 53.6 Å². The summed E-state index contributed by atoms with van der Waals surface area (Å²) in [7, 11) is 0. The van der Waals surface area contributed by atoms with Crippen LogP contribution in [0.3, 0.4) is 0 Å². The predicted octanol–water partition coefficient (Wildman–Crippen LogP) is 4.28. The fraction of sp³-hybridized carbons (Fsp3) is 0.350. The number of nitrogens with zero attached hydrogens (tertiary/aromatic N) is 3. The van der Waals surface area contributed by atoms with Crippen molar-refractivity contribution in [2.24, 2.45) is 5.92 Å². The first kappa shape index (κ1) is 17.6. The van der Waals surface area contributed by atoms with Crippen molar-refractivity contribution < 1.29 is 13.6 Å². The Morgan fingerprint density at radius 3 is 2.59 bits per heavy atom. The molecule has 0 atom stereocenters. The number of anilines is 1. The summed E-state index contributed by atoms with van der Waals surface area (Å²) in [4.78, 5) is 12.5. The first-order valence-corrected chi connectivity index (χ1v) is 9.19. The number of carbonyl (C=O) groups excluding carboxylic acids is 1. The summed E-state index contributed by atoms with van der Waals surface area (Å²) in [5.41, 5.74) is 0.939. The third-order valence-corrected chi connectivity index (χ3v) is 5.09. The average molecular weight is 370 g/mol. The number of aromatic nitrogens is 3. The van der Waals surface area contributed by atoms with Crippen molar-refractivity contribution in [3.8, 4) is 0 Å². The molecule has 7 heteroatoms. The van der Waals surface area contributed by atoms with Crippen LogP contribution < -0.4 is 5.32 Å². The SMILES string of the molecule is O=C(Nc1c(F)cc(F)c2c1nnn2Cc1ccccc1)C1CCCCC1. The maximum Gasteiger partial charge on any atom is 0.227 e. The minimum atomic E-state index is -0.837. The minimum Gasteiger partial charge on any atom is -0.321 e. The molecule has 1 N–H and O–H groups in total. The number of hydrogen-bond acceptors (Lipinski definition) is 3. The van der Waals surface area contributed by atoms with E-state index >= 15 is 0 Å². The standard InChI is InChI=1S/C20H20F2N4O/c21-15-11-16(22)19-18(17(15)23-20(27)14-9-5-2-6-10-14)24-25-26(19)12-13-7-3-1-4-8-13/h1,3-4,7-8,11,14H,2,5-6,9-10,12H2,(H,23,27). The van der Waals surface area contributed by atoms with Crippen molar-refractivity contribution in [1.29, 1.82) is 0 Å². The zero-order chi connectivity index (χ0) is 18.8. The van der Waals surface area contributed by atoms with Crippen LogP contribution in [0.5, 0.6) is 0 Å². The molecule has 0 saturated heterocycles. The smallest absolute Gasteiger partial charge is 0.227 e. The maximum atomic E-state index is 14.5. The van der Waals surface area contributed by atoms with Crippen LogP contribution in [0.2, 0.25) is 0 Å². The molecule has 0 spiro atoms. The van der Waals surface area contributed by atoms with E-state index < -0.39 is 11.6 Å². The summed E-state index contributed by atoms with van der Waals surface area (Å²) in [6.45, 7) is 0.301. The van der Waals surface area contributed by atoms with Crippen LogP contribution in [0.15, 0.2) is 36.4 Å². The van der Waals surface area contributed by atoms with Gasteiger partial charge in [-0.2, -0.15) is 0 Å². The normalized spacial score (nSPS) is 15.2. The number of nitrogens with one attached hydrogen (secondary N) is 1. The molecular weight excluding hydrogens is 350 g/mol. The lowest BCUT2D eigenvalue weighted by atomic mass is 9.88. The van der Waals surface area contributed by atoms with Crippen LogP contribution in [0, 0.1) is 17.6 Å². The van der Waals surface area contributed by atoms with Gasteiger partial charge < -0.3 is 5.32 Å². The van der Waals surface area contributed by atoms with E-state index in [0.29, 0.717) is 6.54 Å². The number of fused-ring (bicyclic) bond motifs is 1. The fourth-order valence-corrected chi connectivity index (χ4v) is 3.66. The molecule has 1 fully saturated rings. The van der Waals surface area contributed by atoms with Crippen molar-refractivity contribution in [3.63, 3.8) is 0 Å². The molecule has 1 aromatic heterocycles. The molecule has 1 amide bonds. The van der Waals surface area contributed by atoms with E-state index in [4.69, 9.17) is 0 Å². The number of hydrogen-bond donors (Lipinski definition) is 1. The van der Waals surface area contributed by atoms with E-state index in [1.165, 1.54) is 4.68 Å². The van der Waals surface area contributed by atoms with Crippen molar-refractivity contribution in [2.45, 2.75) is 38.6 Å².